The lowest BCUT2D eigenvalue weighted by Crippen LogP contribution is -2.42. The quantitative estimate of drug-likeness (QED) is 0.772. The molecular weight excluding hydrogens is 352 g/mol. The van der Waals surface area contributed by atoms with Gasteiger partial charge in [0, 0.05) is 35.2 Å². The van der Waals surface area contributed by atoms with Gasteiger partial charge in [0.1, 0.15) is 11.0 Å². The van der Waals surface area contributed by atoms with E-state index in [0.717, 1.165) is 16.3 Å². The summed E-state index contributed by atoms with van der Waals surface area (Å²) in [6, 6.07) is 6.01. The number of aromatic nitrogens is 1. The molecule has 0 bridgehead atoms. The number of nitrogens with one attached hydrogen (secondary N) is 1. The number of hydrogen-bond acceptors (Lipinski definition) is 5. The first-order valence-corrected chi connectivity index (χ1v) is 9.24. The molecule has 0 aliphatic heterocycles. The number of amides is 1. The number of carbonyl (C=O) groups excluding carboxylic acids is 1. The minimum atomic E-state index is -1.08. The number of aliphatic carboxylic acids is 1. The van der Waals surface area contributed by atoms with E-state index in [-0.39, 0.29) is 18.6 Å². The Labute approximate surface area is 157 Å². The van der Waals surface area contributed by atoms with Gasteiger partial charge in [0.2, 0.25) is 0 Å². The van der Waals surface area contributed by atoms with Crippen molar-refractivity contribution >= 4 is 23.2 Å². The van der Waals surface area contributed by atoms with Gasteiger partial charge in [-0.05, 0) is 39.8 Å². The molecule has 2 aromatic rings. The lowest BCUT2D eigenvalue weighted by molar-refractivity contribution is -0.140. The van der Waals surface area contributed by atoms with E-state index in [1.54, 1.807) is 18.2 Å². The van der Waals surface area contributed by atoms with Gasteiger partial charge in [-0.3, -0.25) is 4.79 Å². The third-order valence-electron chi connectivity index (χ3n) is 3.54. The molecule has 2 N–H and O–H groups in total. The molecule has 1 amide bonds. The van der Waals surface area contributed by atoms with Crippen LogP contribution in [0, 0.1) is 6.92 Å². The summed E-state index contributed by atoms with van der Waals surface area (Å²) in [5.41, 5.74) is 1.80. The molecule has 1 aromatic heterocycles. The standard InChI is InChI=1S/C19H24N2O4S/c1-12-11-26-17(20-12)14-7-5-6-13(10-14)16(22)21-15(18(23)24)8-9-25-19(2,3)4/h5-7,10-11,15H,8-9H2,1-4H3,(H,21,22)(H,23,24). The summed E-state index contributed by atoms with van der Waals surface area (Å²) >= 11 is 1.50. The molecule has 1 atom stereocenters. The van der Waals surface area contributed by atoms with Crippen LogP contribution in [0.4, 0.5) is 0 Å². The minimum absolute atomic E-state index is 0.198. The molecule has 2 rings (SSSR count). The van der Waals surface area contributed by atoms with Gasteiger partial charge in [-0.1, -0.05) is 12.1 Å². The summed E-state index contributed by atoms with van der Waals surface area (Å²) in [6.45, 7) is 7.85. The molecule has 0 saturated heterocycles. The topological polar surface area (TPSA) is 88.5 Å². The van der Waals surface area contributed by atoms with Crippen LogP contribution in [0.15, 0.2) is 29.6 Å². The fraction of sp³-hybridized carbons (Fsp3) is 0.421. The van der Waals surface area contributed by atoms with E-state index < -0.39 is 17.9 Å². The first-order valence-electron chi connectivity index (χ1n) is 8.36. The summed E-state index contributed by atoms with van der Waals surface area (Å²) in [5.74, 6) is -1.51. The maximum atomic E-state index is 12.5. The number of carbonyl (C=O) groups is 2. The SMILES string of the molecule is Cc1csc(-c2cccc(C(=O)NC(CCOC(C)(C)C)C(=O)O)c2)n1. The summed E-state index contributed by atoms with van der Waals surface area (Å²) in [5, 5.41) is 14.7. The predicted molar refractivity (Wildman–Crippen MR) is 101 cm³/mol. The molecule has 6 nitrogen and oxygen atoms in total. The molecule has 26 heavy (non-hydrogen) atoms. The second-order valence-corrected chi connectivity index (χ2v) is 7.85. The van der Waals surface area contributed by atoms with E-state index in [4.69, 9.17) is 4.74 Å². The number of carboxylic acid groups (broad SMARTS) is 1. The Bertz CT molecular complexity index is 780. The number of hydrogen-bond donors (Lipinski definition) is 2. The van der Waals surface area contributed by atoms with E-state index in [9.17, 15) is 14.7 Å². The van der Waals surface area contributed by atoms with Crippen LogP contribution in [0.1, 0.15) is 43.2 Å². The minimum Gasteiger partial charge on any atom is -0.480 e. The van der Waals surface area contributed by atoms with Crippen LogP contribution < -0.4 is 5.32 Å². The molecule has 1 heterocycles. The Morgan fingerprint density at radius 1 is 1.35 bits per heavy atom. The van der Waals surface area contributed by atoms with Crippen molar-refractivity contribution in [2.45, 2.75) is 45.8 Å². The summed E-state index contributed by atoms with van der Waals surface area (Å²) in [6.07, 6.45) is 0.198. The van der Waals surface area contributed by atoms with E-state index in [2.05, 4.69) is 10.3 Å². The molecule has 0 saturated carbocycles. The van der Waals surface area contributed by atoms with Crippen molar-refractivity contribution < 1.29 is 19.4 Å². The first kappa shape index (κ1) is 20.1. The Balaban J connectivity index is 2.06. The number of benzene rings is 1. The van der Waals surface area contributed by atoms with Gasteiger partial charge in [-0.25, -0.2) is 9.78 Å². The van der Waals surface area contributed by atoms with Crippen LogP contribution in [0.5, 0.6) is 0 Å². The van der Waals surface area contributed by atoms with Crippen LogP contribution in [0.3, 0.4) is 0 Å². The Hall–Kier alpha value is -2.25. The summed E-state index contributed by atoms with van der Waals surface area (Å²) < 4.78 is 5.56. The molecule has 1 aromatic carbocycles. The zero-order chi connectivity index (χ0) is 19.3. The Morgan fingerprint density at radius 3 is 2.65 bits per heavy atom. The lowest BCUT2D eigenvalue weighted by atomic mass is 10.1. The molecule has 0 spiro atoms. The molecule has 7 heteroatoms. The molecule has 0 fully saturated rings. The summed E-state index contributed by atoms with van der Waals surface area (Å²) in [4.78, 5) is 28.3. The normalized spacial score (nSPS) is 12.6. The van der Waals surface area contributed by atoms with Gasteiger partial charge in [0.15, 0.2) is 0 Å². The second kappa shape index (κ2) is 8.42. The van der Waals surface area contributed by atoms with Crippen molar-refractivity contribution in [3.63, 3.8) is 0 Å². The number of ether oxygens (including phenoxy) is 1. The van der Waals surface area contributed by atoms with Crippen LogP contribution in [0.2, 0.25) is 0 Å². The van der Waals surface area contributed by atoms with Crippen molar-refractivity contribution in [3.8, 4) is 10.6 Å². The van der Waals surface area contributed by atoms with Crippen molar-refractivity contribution in [1.29, 1.82) is 0 Å². The smallest absolute Gasteiger partial charge is 0.326 e. The van der Waals surface area contributed by atoms with Crippen molar-refractivity contribution in [2.24, 2.45) is 0 Å². The largest absolute Gasteiger partial charge is 0.480 e. The highest BCUT2D eigenvalue weighted by Gasteiger charge is 2.22. The predicted octanol–water partition coefficient (Wildman–Crippen LogP) is 3.51. The molecular formula is C19H24N2O4S. The van der Waals surface area contributed by atoms with Crippen LogP contribution in [0.25, 0.3) is 10.6 Å². The molecule has 0 aliphatic carbocycles. The molecule has 1 unspecified atom stereocenters. The highest BCUT2D eigenvalue weighted by Crippen LogP contribution is 2.24. The maximum absolute atomic E-state index is 12.5. The fourth-order valence-electron chi connectivity index (χ4n) is 2.26. The van der Waals surface area contributed by atoms with Crippen LogP contribution in [-0.4, -0.2) is 40.2 Å². The van der Waals surface area contributed by atoms with Crippen LogP contribution >= 0.6 is 11.3 Å². The molecule has 140 valence electrons. The third kappa shape index (κ3) is 5.93. The Kier molecular flexibility index (Phi) is 6.50. The number of carboxylic acids is 1. The van der Waals surface area contributed by atoms with E-state index in [1.807, 2.05) is 39.1 Å². The van der Waals surface area contributed by atoms with E-state index in [1.165, 1.54) is 11.3 Å². The second-order valence-electron chi connectivity index (χ2n) is 6.99. The first-order chi connectivity index (χ1) is 12.2. The van der Waals surface area contributed by atoms with E-state index >= 15 is 0 Å². The van der Waals surface area contributed by atoms with Gasteiger partial charge in [0.05, 0.1) is 5.60 Å². The highest BCUT2D eigenvalue weighted by molar-refractivity contribution is 7.13. The van der Waals surface area contributed by atoms with Crippen molar-refractivity contribution in [3.05, 3.63) is 40.9 Å². The van der Waals surface area contributed by atoms with E-state index in [0.29, 0.717) is 5.56 Å². The lowest BCUT2D eigenvalue weighted by Gasteiger charge is -2.21. The average Bonchev–Trinajstić information content (AvgIpc) is 2.99. The van der Waals surface area contributed by atoms with Crippen molar-refractivity contribution in [2.75, 3.05) is 6.61 Å². The number of thiazole rings is 1. The summed E-state index contributed by atoms with van der Waals surface area (Å²) in [7, 11) is 0. The van der Waals surface area contributed by atoms with Gasteiger partial charge in [-0.15, -0.1) is 11.3 Å². The van der Waals surface area contributed by atoms with Crippen molar-refractivity contribution in [1.82, 2.24) is 10.3 Å². The maximum Gasteiger partial charge on any atom is 0.326 e. The van der Waals surface area contributed by atoms with Crippen LogP contribution in [-0.2, 0) is 9.53 Å². The van der Waals surface area contributed by atoms with Gasteiger partial charge >= 0.3 is 5.97 Å². The molecule has 0 radical (unpaired) electrons. The monoisotopic (exact) mass is 376 g/mol. The van der Waals surface area contributed by atoms with Gasteiger partial charge < -0.3 is 15.2 Å². The number of nitrogens with zero attached hydrogens (tertiary/aromatic N) is 1. The molecule has 0 aliphatic rings. The Morgan fingerprint density at radius 2 is 2.08 bits per heavy atom. The zero-order valence-corrected chi connectivity index (χ0v) is 16.2. The number of rotatable bonds is 7. The number of aryl methyl sites for hydroxylation is 1. The highest BCUT2D eigenvalue weighted by atomic mass is 32.1. The van der Waals surface area contributed by atoms with Gasteiger partial charge in [-0.2, -0.15) is 0 Å². The van der Waals surface area contributed by atoms with Gasteiger partial charge in [0.25, 0.3) is 5.91 Å². The third-order valence-corrected chi connectivity index (χ3v) is 4.54. The zero-order valence-electron chi connectivity index (χ0n) is 15.4. The average molecular weight is 376 g/mol. The fourth-order valence-corrected chi connectivity index (χ4v) is 3.06.